The molecule has 1 aliphatic heterocycles. The molecule has 6 heteroatoms. The van der Waals surface area contributed by atoms with Gasteiger partial charge in [-0.15, -0.1) is 11.3 Å². The van der Waals surface area contributed by atoms with Crippen molar-refractivity contribution in [2.75, 3.05) is 25.0 Å². The Bertz CT molecular complexity index is 646. The van der Waals surface area contributed by atoms with E-state index in [1.807, 2.05) is 13.8 Å². The van der Waals surface area contributed by atoms with Gasteiger partial charge in [-0.25, -0.2) is 4.79 Å². The van der Waals surface area contributed by atoms with Gasteiger partial charge in [0.25, 0.3) is 0 Å². The number of esters is 1. The predicted molar refractivity (Wildman–Crippen MR) is 105 cm³/mol. The fourth-order valence-corrected chi connectivity index (χ4v) is 5.10. The van der Waals surface area contributed by atoms with Gasteiger partial charge in [-0.1, -0.05) is 12.8 Å². The smallest absolute Gasteiger partial charge is 0.341 e. The van der Waals surface area contributed by atoms with Gasteiger partial charge in [0.05, 0.1) is 18.2 Å². The summed E-state index contributed by atoms with van der Waals surface area (Å²) in [6, 6.07) is 0. The Labute approximate surface area is 160 Å². The second-order valence-electron chi connectivity index (χ2n) is 7.61. The summed E-state index contributed by atoms with van der Waals surface area (Å²) in [5, 5.41) is 3.71. The molecule has 2 heterocycles. The lowest BCUT2D eigenvalue weighted by Crippen LogP contribution is -2.34. The number of carbonyl (C=O) groups excluding carboxylic acids is 2. The van der Waals surface area contributed by atoms with Gasteiger partial charge in [-0.05, 0) is 71.0 Å². The zero-order valence-electron chi connectivity index (χ0n) is 15.9. The van der Waals surface area contributed by atoms with Crippen LogP contribution in [0, 0.1) is 0 Å². The Morgan fingerprint density at radius 3 is 2.46 bits per heavy atom. The van der Waals surface area contributed by atoms with Crippen molar-refractivity contribution < 1.29 is 14.3 Å². The van der Waals surface area contributed by atoms with Gasteiger partial charge in [0.1, 0.15) is 5.00 Å². The molecule has 1 N–H and O–H groups in total. The molecule has 144 valence electrons. The third-order valence-corrected chi connectivity index (χ3v) is 6.24. The van der Waals surface area contributed by atoms with Crippen LogP contribution in [0.15, 0.2) is 0 Å². The van der Waals surface area contributed by atoms with Crippen LogP contribution >= 0.6 is 11.3 Å². The molecule has 5 nitrogen and oxygen atoms in total. The maximum atomic E-state index is 12.6. The average molecular weight is 379 g/mol. The SMILES string of the molecule is CC(C)OC(=O)c1c(NC(=O)CN2CCCCCC2)sc2c1CCCC2. The van der Waals surface area contributed by atoms with E-state index in [0.717, 1.165) is 57.2 Å². The summed E-state index contributed by atoms with van der Waals surface area (Å²) in [5.41, 5.74) is 1.69. The molecule has 0 radical (unpaired) electrons. The van der Waals surface area contributed by atoms with E-state index in [1.54, 1.807) is 11.3 Å². The molecule has 0 atom stereocenters. The first-order valence-electron chi connectivity index (χ1n) is 9.92. The zero-order chi connectivity index (χ0) is 18.5. The van der Waals surface area contributed by atoms with Gasteiger partial charge in [0, 0.05) is 4.88 Å². The summed E-state index contributed by atoms with van der Waals surface area (Å²) in [5.74, 6) is -0.325. The number of rotatable bonds is 5. The van der Waals surface area contributed by atoms with Crippen molar-refractivity contribution in [3.63, 3.8) is 0 Å². The summed E-state index contributed by atoms with van der Waals surface area (Å²) < 4.78 is 5.46. The number of ether oxygens (including phenoxy) is 1. The molecular weight excluding hydrogens is 348 g/mol. The summed E-state index contributed by atoms with van der Waals surface area (Å²) in [6.07, 6.45) is 8.78. The monoisotopic (exact) mass is 378 g/mol. The number of thiophene rings is 1. The topological polar surface area (TPSA) is 58.6 Å². The maximum Gasteiger partial charge on any atom is 0.341 e. The number of hydrogen-bond donors (Lipinski definition) is 1. The molecule has 0 saturated carbocycles. The third kappa shape index (κ3) is 4.86. The molecule has 1 aromatic heterocycles. The Balaban J connectivity index is 1.74. The van der Waals surface area contributed by atoms with Crippen LogP contribution in [-0.4, -0.2) is 42.5 Å². The van der Waals surface area contributed by atoms with E-state index >= 15 is 0 Å². The van der Waals surface area contributed by atoms with Crippen LogP contribution in [0.25, 0.3) is 0 Å². The van der Waals surface area contributed by atoms with Crippen molar-refractivity contribution in [1.29, 1.82) is 0 Å². The minimum absolute atomic E-state index is 0.0240. The summed E-state index contributed by atoms with van der Waals surface area (Å²) in [7, 11) is 0. The van der Waals surface area contributed by atoms with E-state index in [4.69, 9.17) is 4.74 Å². The Morgan fingerprint density at radius 1 is 1.08 bits per heavy atom. The summed E-state index contributed by atoms with van der Waals surface area (Å²) >= 11 is 1.56. The molecule has 2 aliphatic rings. The fraction of sp³-hybridized carbons (Fsp3) is 0.700. The number of carbonyl (C=O) groups is 2. The molecule has 0 aromatic carbocycles. The van der Waals surface area contributed by atoms with Crippen LogP contribution in [0.1, 0.15) is 73.2 Å². The highest BCUT2D eigenvalue weighted by atomic mass is 32.1. The van der Waals surface area contributed by atoms with Crippen molar-refractivity contribution in [2.45, 2.75) is 71.3 Å². The van der Waals surface area contributed by atoms with Gasteiger partial charge in [0.2, 0.25) is 5.91 Å². The first kappa shape index (κ1) is 19.4. The Kier molecular flexibility index (Phi) is 6.70. The van der Waals surface area contributed by atoms with Crippen LogP contribution in [-0.2, 0) is 22.4 Å². The second-order valence-corrected chi connectivity index (χ2v) is 8.71. The highest BCUT2D eigenvalue weighted by Gasteiger charge is 2.28. The molecule has 0 unspecified atom stereocenters. The highest BCUT2D eigenvalue weighted by molar-refractivity contribution is 7.17. The Hall–Kier alpha value is -1.40. The van der Waals surface area contributed by atoms with Gasteiger partial charge < -0.3 is 10.1 Å². The standard InChI is InChI=1S/C20H30N2O3S/c1-14(2)25-20(24)18-15-9-5-6-10-16(15)26-19(18)21-17(23)13-22-11-7-3-4-8-12-22/h14H,3-13H2,1-2H3,(H,21,23). The lowest BCUT2D eigenvalue weighted by atomic mass is 9.95. The van der Waals surface area contributed by atoms with Crippen molar-refractivity contribution >= 4 is 28.2 Å². The lowest BCUT2D eigenvalue weighted by molar-refractivity contribution is -0.117. The van der Waals surface area contributed by atoms with Crippen molar-refractivity contribution in [2.24, 2.45) is 0 Å². The van der Waals surface area contributed by atoms with Crippen LogP contribution in [0.3, 0.4) is 0 Å². The quantitative estimate of drug-likeness (QED) is 0.787. The number of hydrogen-bond acceptors (Lipinski definition) is 5. The van der Waals surface area contributed by atoms with E-state index < -0.39 is 0 Å². The molecule has 1 amide bonds. The molecular formula is C20H30N2O3S. The van der Waals surface area contributed by atoms with Crippen LogP contribution in [0.4, 0.5) is 5.00 Å². The third-order valence-electron chi connectivity index (χ3n) is 5.04. The predicted octanol–water partition coefficient (Wildman–Crippen LogP) is 4.01. The lowest BCUT2D eigenvalue weighted by Gasteiger charge is -2.19. The van der Waals surface area contributed by atoms with E-state index in [0.29, 0.717) is 17.1 Å². The van der Waals surface area contributed by atoms with Crippen molar-refractivity contribution in [1.82, 2.24) is 4.90 Å². The zero-order valence-corrected chi connectivity index (χ0v) is 16.8. The largest absolute Gasteiger partial charge is 0.459 e. The van der Waals surface area contributed by atoms with Crippen molar-refractivity contribution in [3.05, 3.63) is 16.0 Å². The van der Waals surface area contributed by atoms with Gasteiger partial charge in [-0.2, -0.15) is 0 Å². The molecule has 26 heavy (non-hydrogen) atoms. The van der Waals surface area contributed by atoms with E-state index in [9.17, 15) is 9.59 Å². The summed E-state index contributed by atoms with van der Waals surface area (Å²) in [4.78, 5) is 28.7. The average Bonchev–Trinajstić information content (AvgIpc) is 2.74. The van der Waals surface area contributed by atoms with Gasteiger partial charge in [-0.3, -0.25) is 9.69 Å². The van der Waals surface area contributed by atoms with Gasteiger partial charge >= 0.3 is 5.97 Å². The van der Waals surface area contributed by atoms with Crippen LogP contribution in [0.2, 0.25) is 0 Å². The number of fused-ring (bicyclic) bond motifs is 1. The minimum Gasteiger partial charge on any atom is -0.459 e. The minimum atomic E-state index is -0.301. The molecule has 1 saturated heterocycles. The number of anilines is 1. The summed E-state index contributed by atoms with van der Waals surface area (Å²) in [6.45, 7) is 6.08. The first-order chi connectivity index (χ1) is 12.5. The number of likely N-dealkylation sites (tertiary alicyclic amines) is 1. The first-order valence-corrected chi connectivity index (χ1v) is 10.7. The highest BCUT2D eigenvalue weighted by Crippen LogP contribution is 2.38. The molecule has 1 fully saturated rings. The van der Waals surface area contributed by atoms with E-state index in [-0.39, 0.29) is 18.0 Å². The molecule has 0 bridgehead atoms. The second kappa shape index (κ2) is 9.00. The van der Waals surface area contributed by atoms with Crippen LogP contribution in [0.5, 0.6) is 0 Å². The van der Waals surface area contributed by atoms with Gasteiger partial charge in [0.15, 0.2) is 0 Å². The Morgan fingerprint density at radius 2 is 1.77 bits per heavy atom. The number of amides is 1. The number of aryl methyl sites for hydroxylation is 1. The number of nitrogens with zero attached hydrogens (tertiary/aromatic N) is 1. The molecule has 1 aliphatic carbocycles. The van der Waals surface area contributed by atoms with Crippen LogP contribution < -0.4 is 5.32 Å². The molecule has 0 spiro atoms. The number of nitrogens with one attached hydrogen (secondary N) is 1. The molecule has 3 rings (SSSR count). The maximum absolute atomic E-state index is 12.6. The van der Waals surface area contributed by atoms with E-state index in [1.165, 1.54) is 17.7 Å². The molecule has 1 aromatic rings. The fourth-order valence-electron chi connectivity index (χ4n) is 3.81. The van der Waals surface area contributed by atoms with E-state index in [2.05, 4.69) is 10.2 Å². The van der Waals surface area contributed by atoms with Crippen molar-refractivity contribution in [3.8, 4) is 0 Å². The normalized spacial score (nSPS) is 18.3.